The van der Waals surface area contributed by atoms with Gasteiger partial charge < -0.3 is 9.47 Å². The lowest BCUT2D eigenvalue weighted by atomic mass is 9.89. The van der Waals surface area contributed by atoms with Gasteiger partial charge >= 0.3 is 0 Å². The SMILES string of the molecule is CC1CNC(C)(C2CCCOC2)OC1.Cl. The van der Waals surface area contributed by atoms with E-state index in [4.69, 9.17) is 9.47 Å². The molecule has 0 amide bonds. The standard InChI is InChI=1S/C11H21NO2.ClH/c1-9-6-12-11(2,14-7-9)10-4-3-5-13-8-10;/h9-10,12H,3-8H2,1-2H3;1H. The molecule has 2 saturated heterocycles. The summed E-state index contributed by atoms with van der Waals surface area (Å²) >= 11 is 0. The number of hydrogen-bond donors (Lipinski definition) is 1. The molecule has 15 heavy (non-hydrogen) atoms. The molecule has 3 atom stereocenters. The molecule has 3 unspecified atom stereocenters. The summed E-state index contributed by atoms with van der Waals surface area (Å²) < 4.78 is 11.4. The van der Waals surface area contributed by atoms with Gasteiger partial charge in [-0.3, -0.25) is 5.32 Å². The maximum absolute atomic E-state index is 5.93. The number of rotatable bonds is 1. The molecule has 0 saturated carbocycles. The minimum absolute atomic E-state index is 0. The van der Waals surface area contributed by atoms with Crippen LogP contribution in [0.2, 0.25) is 0 Å². The quantitative estimate of drug-likeness (QED) is 0.752. The van der Waals surface area contributed by atoms with Crippen molar-refractivity contribution in [2.24, 2.45) is 11.8 Å². The third-order valence-electron chi connectivity index (χ3n) is 3.41. The number of ether oxygens (including phenoxy) is 2. The highest BCUT2D eigenvalue weighted by molar-refractivity contribution is 5.85. The van der Waals surface area contributed by atoms with Gasteiger partial charge in [0.1, 0.15) is 5.72 Å². The lowest BCUT2D eigenvalue weighted by Crippen LogP contribution is -2.58. The molecule has 0 aromatic heterocycles. The summed E-state index contributed by atoms with van der Waals surface area (Å²) in [7, 11) is 0. The highest BCUT2D eigenvalue weighted by Gasteiger charge is 2.38. The fourth-order valence-electron chi connectivity index (χ4n) is 2.24. The number of hydrogen-bond acceptors (Lipinski definition) is 3. The smallest absolute Gasteiger partial charge is 0.121 e. The summed E-state index contributed by atoms with van der Waals surface area (Å²) in [6.45, 7) is 8.08. The first-order valence-corrected chi connectivity index (χ1v) is 5.67. The zero-order chi connectivity index (χ0) is 10.0. The lowest BCUT2D eigenvalue weighted by Gasteiger charge is -2.44. The molecular weight excluding hydrogens is 214 g/mol. The first kappa shape index (κ1) is 13.2. The summed E-state index contributed by atoms with van der Waals surface area (Å²) in [5.74, 6) is 1.15. The van der Waals surface area contributed by atoms with E-state index in [1.54, 1.807) is 0 Å². The zero-order valence-corrected chi connectivity index (χ0v) is 10.4. The second-order valence-electron chi connectivity index (χ2n) is 4.82. The minimum atomic E-state index is -0.146. The van der Waals surface area contributed by atoms with Gasteiger partial charge in [-0.1, -0.05) is 6.92 Å². The average molecular weight is 236 g/mol. The van der Waals surface area contributed by atoms with Gasteiger partial charge in [0.25, 0.3) is 0 Å². The molecule has 2 heterocycles. The molecule has 2 aliphatic heterocycles. The molecular formula is C11H22ClNO2. The maximum Gasteiger partial charge on any atom is 0.121 e. The first-order valence-electron chi connectivity index (χ1n) is 5.67. The summed E-state index contributed by atoms with van der Waals surface area (Å²) in [5, 5.41) is 3.51. The van der Waals surface area contributed by atoms with Crippen molar-refractivity contribution in [3.63, 3.8) is 0 Å². The third-order valence-corrected chi connectivity index (χ3v) is 3.41. The molecule has 3 nitrogen and oxygen atoms in total. The van der Waals surface area contributed by atoms with E-state index in [1.165, 1.54) is 12.8 Å². The topological polar surface area (TPSA) is 30.5 Å². The Morgan fingerprint density at radius 3 is 2.67 bits per heavy atom. The van der Waals surface area contributed by atoms with E-state index in [2.05, 4.69) is 19.2 Å². The van der Waals surface area contributed by atoms with E-state index >= 15 is 0 Å². The Morgan fingerprint density at radius 2 is 2.13 bits per heavy atom. The molecule has 0 aliphatic carbocycles. The van der Waals surface area contributed by atoms with Gasteiger partial charge in [-0.25, -0.2) is 0 Å². The highest BCUT2D eigenvalue weighted by atomic mass is 35.5. The van der Waals surface area contributed by atoms with Gasteiger partial charge in [0.2, 0.25) is 0 Å². The van der Waals surface area contributed by atoms with E-state index in [0.29, 0.717) is 11.8 Å². The fourth-order valence-corrected chi connectivity index (χ4v) is 2.24. The predicted octanol–water partition coefficient (Wildman–Crippen LogP) is 1.81. The van der Waals surface area contributed by atoms with E-state index in [1.807, 2.05) is 0 Å². The van der Waals surface area contributed by atoms with Crippen LogP contribution >= 0.6 is 12.4 Å². The van der Waals surface area contributed by atoms with E-state index in [9.17, 15) is 0 Å². The number of nitrogens with one attached hydrogen (secondary N) is 1. The summed E-state index contributed by atoms with van der Waals surface area (Å²) in [4.78, 5) is 0. The van der Waals surface area contributed by atoms with E-state index in [-0.39, 0.29) is 18.1 Å². The third kappa shape index (κ3) is 3.06. The summed E-state index contributed by atoms with van der Waals surface area (Å²) in [5.41, 5.74) is -0.146. The van der Waals surface area contributed by atoms with Crippen LogP contribution in [0.3, 0.4) is 0 Å². The Morgan fingerprint density at radius 1 is 1.33 bits per heavy atom. The average Bonchev–Trinajstić information content (AvgIpc) is 2.24. The Labute approximate surface area is 98.3 Å². The van der Waals surface area contributed by atoms with Crippen LogP contribution in [0.1, 0.15) is 26.7 Å². The normalized spacial score (nSPS) is 42.0. The van der Waals surface area contributed by atoms with Gasteiger partial charge in [0.15, 0.2) is 0 Å². The van der Waals surface area contributed by atoms with Gasteiger partial charge in [-0.05, 0) is 25.7 Å². The van der Waals surface area contributed by atoms with Crippen LogP contribution in [0, 0.1) is 11.8 Å². The molecule has 2 fully saturated rings. The Bertz CT molecular complexity index is 187. The van der Waals surface area contributed by atoms with Crippen LogP contribution in [-0.4, -0.2) is 32.1 Å². The van der Waals surface area contributed by atoms with Crippen LogP contribution in [0.15, 0.2) is 0 Å². The molecule has 2 aliphatic rings. The maximum atomic E-state index is 5.93. The molecule has 1 N–H and O–H groups in total. The first-order chi connectivity index (χ1) is 6.71. The van der Waals surface area contributed by atoms with Crippen molar-refractivity contribution >= 4 is 12.4 Å². The Kier molecular flexibility index (Phi) is 4.84. The monoisotopic (exact) mass is 235 g/mol. The van der Waals surface area contributed by atoms with Crippen LogP contribution < -0.4 is 5.32 Å². The van der Waals surface area contributed by atoms with Gasteiger partial charge in [0.05, 0.1) is 13.2 Å². The van der Waals surface area contributed by atoms with Gasteiger partial charge in [-0.15, -0.1) is 12.4 Å². The van der Waals surface area contributed by atoms with E-state index in [0.717, 1.165) is 26.4 Å². The van der Waals surface area contributed by atoms with Crippen LogP contribution in [-0.2, 0) is 9.47 Å². The molecule has 0 aromatic carbocycles. The summed E-state index contributed by atoms with van der Waals surface area (Å²) in [6, 6.07) is 0. The predicted molar refractivity (Wildman–Crippen MR) is 62.3 cm³/mol. The molecule has 0 bridgehead atoms. The van der Waals surface area contributed by atoms with Gasteiger partial charge in [0, 0.05) is 19.1 Å². The highest BCUT2D eigenvalue weighted by Crippen LogP contribution is 2.29. The second-order valence-corrected chi connectivity index (χ2v) is 4.82. The second kappa shape index (κ2) is 5.48. The summed E-state index contributed by atoms with van der Waals surface area (Å²) in [6.07, 6.45) is 2.39. The molecule has 90 valence electrons. The molecule has 0 radical (unpaired) electrons. The molecule has 4 heteroatoms. The van der Waals surface area contributed by atoms with E-state index < -0.39 is 0 Å². The van der Waals surface area contributed by atoms with Crippen molar-refractivity contribution in [1.29, 1.82) is 0 Å². The van der Waals surface area contributed by atoms with Crippen molar-refractivity contribution in [3.05, 3.63) is 0 Å². The fraction of sp³-hybridized carbons (Fsp3) is 1.00. The molecule has 0 aromatic rings. The zero-order valence-electron chi connectivity index (χ0n) is 9.62. The minimum Gasteiger partial charge on any atom is -0.381 e. The molecule has 0 spiro atoms. The van der Waals surface area contributed by atoms with Crippen LogP contribution in [0.4, 0.5) is 0 Å². The van der Waals surface area contributed by atoms with Crippen molar-refractivity contribution in [2.75, 3.05) is 26.4 Å². The van der Waals surface area contributed by atoms with Crippen molar-refractivity contribution < 1.29 is 9.47 Å². The lowest BCUT2D eigenvalue weighted by molar-refractivity contribution is -0.160. The van der Waals surface area contributed by atoms with Crippen LogP contribution in [0.25, 0.3) is 0 Å². The van der Waals surface area contributed by atoms with Crippen LogP contribution in [0.5, 0.6) is 0 Å². The Hall–Kier alpha value is 0.170. The van der Waals surface area contributed by atoms with Gasteiger partial charge in [-0.2, -0.15) is 0 Å². The number of halogens is 1. The van der Waals surface area contributed by atoms with Crippen molar-refractivity contribution in [2.45, 2.75) is 32.4 Å². The Balaban J connectivity index is 0.00000112. The molecule has 2 rings (SSSR count). The van der Waals surface area contributed by atoms with Crippen molar-refractivity contribution in [1.82, 2.24) is 5.32 Å². The largest absolute Gasteiger partial charge is 0.381 e. The van der Waals surface area contributed by atoms with Crippen molar-refractivity contribution in [3.8, 4) is 0 Å².